The van der Waals surface area contributed by atoms with Crippen molar-refractivity contribution in [3.8, 4) is 0 Å². The molecule has 0 amide bonds. The van der Waals surface area contributed by atoms with Gasteiger partial charge in [-0.1, -0.05) is 19.1 Å². The molecule has 2 nitrogen and oxygen atoms in total. The molecule has 0 saturated carbocycles. The van der Waals surface area contributed by atoms with Crippen molar-refractivity contribution < 1.29 is 0 Å². The molecular formula is C14H28N2. The molecule has 1 aliphatic rings. The van der Waals surface area contributed by atoms with Gasteiger partial charge in [0, 0.05) is 19.1 Å². The highest BCUT2D eigenvalue weighted by molar-refractivity contribution is 4.97. The molecule has 1 unspecified atom stereocenters. The van der Waals surface area contributed by atoms with Crippen molar-refractivity contribution >= 4 is 0 Å². The van der Waals surface area contributed by atoms with Crippen LogP contribution in [0.3, 0.4) is 0 Å². The van der Waals surface area contributed by atoms with Crippen LogP contribution in [0.4, 0.5) is 0 Å². The van der Waals surface area contributed by atoms with Gasteiger partial charge in [0.05, 0.1) is 0 Å². The molecular weight excluding hydrogens is 196 g/mol. The zero-order valence-electron chi connectivity index (χ0n) is 11.3. The minimum Gasteiger partial charge on any atom is -0.316 e. The van der Waals surface area contributed by atoms with Crippen LogP contribution in [-0.4, -0.2) is 37.1 Å². The third-order valence-corrected chi connectivity index (χ3v) is 3.55. The summed E-state index contributed by atoms with van der Waals surface area (Å²) in [6, 6.07) is 0.630. The molecule has 1 aliphatic heterocycles. The number of nitrogens with one attached hydrogen (secondary N) is 1. The zero-order chi connectivity index (χ0) is 12.0. The van der Waals surface area contributed by atoms with Gasteiger partial charge in [0.2, 0.25) is 0 Å². The van der Waals surface area contributed by atoms with E-state index in [1.165, 1.54) is 38.0 Å². The maximum atomic E-state index is 4.13. The van der Waals surface area contributed by atoms with Gasteiger partial charge in [-0.2, -0.15) is 0 Å². The van der Waals surface area contributed by atoms with E-state index in [1.54, 1.807) is 0 Å². The molecule has 0 aliphatic carbocycles. The van der Waals surface area contributed by atoms with Crippen molar-refractivity contribution in [3.05, 3.63) is 12.2 Å². The Balaban J connectivity index is 2.40. The highest BCUT2D eigenvalue weighted by atomic mass is 15.1. The quantitative estimate of drug-likeness (QED) is 0.698. The first-order valence-electron chi connectivity index (χ1n) is 6.74. The third kappa shape index (κ3) is 4.67. The molecule has 1 atom stereocenters. The molecule has 1 rings (SSSR count). The van der Waals surface area contributed by atoms with Gasteiger partial charge in [-0.05, 0) is 52.1 Å². The first-order valence-corrected chi connectivity index (χ1v) is 6.74. The van der Waals surface area contributed by atoms with Crippen molar-refractivity contribution in [1.29, 1.82) is 0 Å². The van der Waals surface area contributed by atoms with E-state index >= 15 is 0 Å². The number of rotatable bonds is 6. The van der Waals surface area contributed by atoms with E-state index in [0.717, 1.165) is 18.9 Å². The lowest BCUT2D eigenvalue weighted by Gasteiger charge is -2.33. The van der Waals surface area contributed by atoms with Crippen LogP contribution in [0.1, 0.15) is 40.0 Å². The number of nitrogens with zero attached hydrogens (tertiary/aromatic N) is 1. The molecule has 1 heterocycles. The lowest BCUT2D eigenvalue weighted by molar-refractivity contribution is 0.184. The molecule has 0 radical (unpaired) electrons. The molecule has 2 heteroatoms. The number of hydrogen-bond acceptors (Lipinski definition) is 2. The van der Waals surface area contributed by atoms with Crippen molar-refractivity contribution in [2.45, 2.75) is 46.1 Å². The van der Waals surface area contributed by atoms with E-state index in [9.17, 15) is 0 Å². The van der Waals surface area contributed by atoms with Crippen LogP contribution in [-0.2, 0) is 0 Å². The monoisotopic (exact) mass is 224 g/mol. The van der Waals surface area contributed by atoms with Gasteiger partial charge in [0.1, 0.15) is 0 Å². The smallest absolute Gasteiger partial charge is 0.0192 e. The Kier molecular flexibility index (Phi) is 6.07. The summed E-state index contributed by atoms with van der Waals surface area (Å²) in [5.74, 6) is 0.834. The minimum atomic E-state index is 0.630. The average Bonchev–Trinajstić information content (AvgIpc) is 2.29. The van der Waals surface area contributed by atoms with Crippen LogP contribution in [0.15, 0.2) is 12.2 Å². The predicted molar refractivity (Wildman–Crippen MR) is 71.7 cm³/mol. The Morgan fingerprint density at radius 2 is 2.25 bits per heavy atom. The highest BCUT2D eigenvalue weighted by Gasteiger charge is 2.18. The van der Waals surface area contributed by atoms with Crippen molar-refractivity contribution in [3.63, 3.8) is 0 Å². The first kappa shape index (κ1) is 13.7. The fraction of sp³-hybridized carbons (Fsp3) is 0.857. The second kappa shape index (κ2) is 7.08. The maximum absolute atomic E-state index is 4.13. The normalized spacial score (nSPS) is 21.7. The maximum Gasteiger partial charge on any atom is 0.0192 e. The molecule has 0 aromatic heterocycles. The summed E-state index contributed by atoms with van der Waals surface area (Å²) in [5.41, 5.74) is 1.36. The van der Waals surface area contributed by atoms with Crippen LogP contribution in [0.25, 0.3) is 0 Å². The van der Waals surface area contributed by atoms with Gasteiger partial charge >= 0.3 is 0 Å². The van der Waals surface area contributed by atoms with E-state index in [2.05, 4.69) is 37.6 Å². The third-order valence-electron chi connectivity index (χ3n) is 3.55. The zero-order valence-corrected chi connectivity index (χ0v) is 11.3. The Bertz CT molecular complexity index is 205. The van der Waals surface area contributed by atoms with Crippen molar-refractivity contribution in [1.82, 2.24) is 10.2 Å². The topological polar surface area (TPSA) is 15.3 Å². The summed E-state index contributed by atoms with van der Waals surface area (Å²) >= 11 is 0. The molecule has 94 valence electrons. The lowest BCUT2D eigenvalue weighted by Crippen LogP contribution is -2.41. The molecule has 1 N–H and O–H groups in total. The summed E-state index contributed by atoms with van der Waals surface area (Å²) in [7, 11) is 0. The van der Waals surface area contributed by atoms with Gasteiger partial charge < -0.3 is 5.32 Å². The molecule has 0 aromatic rings. The van der Waals surface area contributed by atoms with E-state index in [4.69, 9.17) is 0 Å². The van der Waals surface area contributed by atoms with Crippen LogP contribution in [0.5, 0.6) is 0 Å². The molecule has 0 spiro atoms. The van der Waals surface area contributed by atoms with Crippen LogP contribution < -0.4 is 5.32 Å². The van der Waals surface area contributed by atoms with Gasteiger partial charge in [0.15, 0.2) is 0 Å². The molecule has 1 saturated heterocycles. The van der Waals surface area contributed by atoms with Gasteiger partial charge in [-0.3, -0.25) is 4.90 Å². The molecule has 0 bridgehead atoms. The van der Waals surface area contributed by atoms with Crippen LogP contribution in [0, 0.1) is 5.92 Å². The van der Waals surface area contributed by atoms with Gasteiger partial charge in [0.25, 0.3) is 0 Å². The highest BCUT2D eigenvalue weighted by Crippen LogP contribution is 2.15. The van der Waals surface area contributed by atoms with Gasteiger partial charge in [-0.15, -0.1) is 0 Å². The Labute approximate surface area is 101 Å². The lowest BCUT2D eigenvalue weighted by atomic mass is 9.98. The molecule has 0 aromatic carbocycles. The summed E-state index contributed by atoms with van der Waals surface area (Å²) in [6.45, 7) is 15.6. The summed E-state index contributed by atoms with van der Waals surface area (Å²) in [4.78, 5) is 2.57. The van der Waals surface area contributed by atoms with E-state index < -0.39 is 0 Å². The SMILES string of the molecule is C=C(CC)CN(CC1CCCNC1)C(C)C. The van der Waals surface area contributed by atoms with Crippen molar-refractivity contribution in [2.24, 2.45) is 5.92 Å². The second-order valence-corrected chi connectivity index (χ2v) is 5.34. The standard InChI is InChI=1S/C14H28N2/c1-5-13(4)10-16(12(2)3)11-14-7-6-8-15-9-14/h12,14-15H,4-11H2,1-3H3. The fourth-order valence-electron chi connectivity index (χ4n) is 2.27. The first-order chi connectivity index (χ1) is 7.63. The Morgan fingerprint density at radius 1 is 1.50 bits per heavy atom. The number of hydrogen-bond donors (Lipinski definition) is 1. The van der Waals surface area contributed by atoms with E-state index in [-0.39, 0.29) is 0 Å². The minimum absolute atomic E-state index is 0.630. The fourth-order valence-corrected chi connectivity index (χ4v) is 2.27. The molecule has 16 heavy (non-hydrogen) atoms. The van der Waals surface area contributed by atoms with E-state index in [0.29, 0.717) is 6.04 Å². The Hall–Kier alpha value is -0.340. The number of piperidine rings is 1. The second-order valence-electron chi connectivity index (χ2n) is 5.34. The largest absolute Gasteiger partial charge is 0.316 e. The molecule has 1 fully saturated rings. The van der Waals surface area contributed by atoms with E-state index in [1.807, 2.05) is 0 Å². The Morgan fingerprint density at radius 3 is 2.75 bits per heavy atom. The average molecular weight is 224 g/mol. The predicted octanol–water partition coefficient (Wildman–Crippen LogP) is 2.66. The summed E-state index contributed by atoms with van der Waals surface area (Å²) < 4.78 is 0. The summed E-state index contributed by atoms with van der Waals surface area (Å²) in [6.07, 6.45) is 3.83. The van der Waals surface area contributed by atoms with Gasteiger partial charge in [-0.25, -0.2) is 0 Å². The summed E-state index contributed by atoms with van der Waals surface area (Å²) in [5, 5.41) is 3.50. The van der Waals surface area contributed by atoms with Crippen LogP contribution >= 0.6 is 0 Å². The van der Waals surface area contributed by atoms with Crippen molar-refractivity contribution in [2.75, 3.05) is 26.2 Å². The van der Waals surface area contributed by atoms with Crippen LogP contribution in [0.2, 0.25) is 0 Å².